The van der Waals surface area contributed by atoms with Crippen LogP contribution in [0.1, 0.15) is 23.0 Å². The molecule has 3 nitrogen and oxygen atoms in total. The molecule has 0 spiro atoms. The maximum absolute atomic E-state index is 12.6. The minimum atomic E-state index is -4.43. The summed E-state index contributed by atoms with van der Waals surface area (Å²) in [6.45, 7) is 1.26. The van der Waals surface area contributed by atoms with E-state index >= 15 is 0 Å². The number of benzene rings is 1. The molecular formula is C12H8F3NO2. The lowest BCUT2D eigenvalue weighted by Crippen LogP contribution is -2.04. The van der Waals surface area contributed by atoms with E-state index in [0.29, 0.717) is 0 Å². The third-order valence-corrected chi connectivity index (χ3v) is 2.39. The smallest absolute Gasteiger partial charge is 0.352 e. The summed E-state index contributed by atoms with van der Waals surface area (Å²) in [7, 11) is 0. The summed E-state index contributed by atoms with van der Waals surface area (Å²) < 4.78 is 42.4. The summed E-state index contributed by atoms with van der Waals surface area (Å²) in [4.78, 5) is 11.2. The quantitative estimate of drug-likeness (QED) is 0.770. The van der Waals surface area contributed by atoms with E-state index < -0.39 is 11.7 Å². The van der Waals surface area contributed by atoms with Gasteiger partial charge in [-0.25, -0.2) is 0 Å². The van der Waals surface area contributed by atoms with Crippen LogP contribution in [-0.2, 0) is 6.18 Å². The number of rotatable bonds is 2. The molecule has 94 valence electrons. The third kappa shape index (κ3) is 2.27. The number of alkyl halides is 3. The van der Waals surface area contributed by atoms with Crippen LogP contribution in [0.15, 0.2) is 35.0 Å². The van der Waals surface area contributed by atoms with Crippen molar-refractivity contribution in [2.45, 2.75) is 13.1 Å². The van der Waals surface area contributed by atoms with Gasteiger partial charge in [0.2, 0.25) is 5.76 Å². The van der Waals surface area contributed by atoms with Crippen LogP contribution in [0.4, 0.5) is 13.2 Å². The van der Waals surface area contributed by atoms with Crippen LogP contribution in [0.3, 0.4) is 0 Å². The van der Waals surface area contributed by atoms with Crippen molar-refractivity contribution < 1.29 is 22.5 Å². The van der Waals surface area contributed by atoms with Gasteiger partial charge in [0.1, 0.15) is 0 Å². The molecule has 18 heavy (non-hydrogen) atoms. The van der Waals surface area contributed by atoms with E-state index in [1.807, 2.05) is 0 Å². The van der Waals surface area contributed by atoms with Gasteiger partial charge in [-0.1, -0.05) is 17.3 Å². The molecule has 2 aromatic rings. The van der Waals surface area contributed by atoms with Crippen molar-refractivity contribution in [1.82, 2.24) is 5.16 Å². The van der Waals surface area contributed by atoms with E-state index in [4.69, 9.17) is 4.52 Å². The molecule has 0 bridgehead atoms. The number of hydrogen-bond acceptors (Lipinski definition) is 3. The molecule has 0 fully saturated rings. The van der Waals surface area contributed by atoms with Crippen molar-refractivity contribution in [2.24, 2.45) is 0 Å². The van der Waals surface area contributed by atoms with Gasteiger partial charge in [-0.15, -0.1) is 0 Å². The van der Waals surface area contributed by atoms with Crippen molar-refractivity contribution in [1.29, 1.82) is 0 Å². The highest BCUT2D eigenvalue weighted by Crippen LogP contribution is 2.33. The number of carbonyl (C=O) groups excluding carboxylic acids is 1. The van der Waals surface area contributed by atoms with Gasteiger partial charge in [-0.2, -0.15) is 13.2 Å². The SMILES string of the molecule is CC(=O)c1oncc1-c1cccc(C(F)(F)F)c1. The number of nitrogens with zero attached hydrogens (tertiary/aromatic N) is 1. The summed E-state index contributed by atoms with van der Waals surface area (Å²) >= 11 is 0. The largest absolute Gasteiger partial charge is 0.416 e. The zero-order valence-corrected chi connectivity index (χ0v) is 9.28. The Balaban J connectivity index is 2.52. The molecule has 0 aliphatic carbocycles. The molecule has 0 saturated heterocycles. The maximum Gasteiger partial charge on any atom is 0.416 e. The summed E-state index contributed by atoms with van der Waals surface area (Å²) in [5, 5.41) is 3.43. The molecule has 1 aromatic carbocycles. The van der Waals surface area contributed by atoms with E-state index in [1.54, 1.807) is 0 Å². The average Bonchev–Trinajstić information content (AvgIpc) is 2.77. The fraction of sp³-hybridized carbons (Fsp3) is 0.167. The van der Waals surface area contributed by atoms with Gasteiger partial charge >= 0.3 is 6.18 Å². The van der Waals surface area contributed by atoms with Crippen molar-refractivity contribution in [3.63, 3.8) is 0 Å². The highest BCUT2D eigenvalue weighted by molar-refractivity contribution is 5.97. The predicted octanol–water partition coefficient (Wildman–Crippen LogP) is 3.56. The van der Waals surface area contributed by atoms with E-state index in [0.717, 1.165) is 12.1 Å². The van der Waals surface area contributed by atoms with Crippen LogP contribution in [0.5, 0.6) is 0 Å². The van der Waals surface area contributed by atoms with Crippen LogP contribution < -0.4 is 0 Å². The molecular weight excluding hydrogens is 247 g/mol. The van der Waals surface area contributed by atoms with E-state index in [-0.39, 0.29) is 22.7 Å². The lowest BCUT2D eigenvalue weighted by atomic mass is 10.0. The van der Waals surface area contributed by atoms with Gasteiger partial charge in [0.15, 0.2) is 5.78 Å². The molecule has 0 amide bonds. The summed E-state index contributed by atoms with van der Waals surface area (Å²) in [6, 6.07) is 4.66. The van der Waals surface area contributed by atoms with Crippen molar-refractivity contribution >= 4 is 5.78 Å². The molecule has 0 aliphatic rings. The van der Waals surface area contributed by atoms with E-state index in [1.165, 1.54) is 25.3 Å². The van der Waals surface area contributed by atoms with Gasteiger partial charge in [0.25, 0.3) is 0 Å². The fourth-order valence-corrected chi connectivity index (χ4v) is 1.56. The second-order valence-corrected chi connectivity index (χ2v) is 3.70. The maximum atomic E-state index is 12.6. The molecule has 0 radical (unpaired) electrons. The van der Waals surface area contributed by atoms with E-state index in [2.05, 4.69) is 5.16 Å². The number of halogens is 3. The van der Waals surface area contributed by atoms with Gasteiger partial charge in [-0.3, -0.25) is 4.79 Å². The Morgan fingerprint density at radius 2 is 2.06 bits per heavy atom. The lowest BCUT2D eigenvalue weighted by molar-refractivity contribution is -0.137. The number of Topliss-reactive ketones (excluding diaryl/α,β-unsaturated/α-hetero) is 1. The molecule has 6 heteroatoms. The van der Waals surface area contributed by atoms with Gasteiger partial charge < -0.3 is 4.52 Å². The second kappa shape index (κ2) is 4.29. The first-order valence-electron chi connectivity index (χ1n) is 5.03. The monoisotopic (exact) mass is 255 g/mol. The molecule has 0 unspecified atom stereocenters. The van der Waals surface area contributed by atoms with Gasteiger partial charge in [0.05, 0.1) is 17.3 Å². The van der Waals surface area contributed by atoms with Crippen LogP contribution in [-0.4, -0.2) is 10.9 Å². The Morgan fingerprint density at radius 3 is 2.67 bits per heavy atom. The fourth-order valence-electron chi connectivity index (χ4n) is 1.56. The Hall–Kier alpha value is -2.11. The number of hydrogen-bond donors (Lipinski definition) is 0. The molecule has 0 atom stereocenters. The lowest BCUT2D eigenvalue weighted by Gasteiger charge is -2.07. The topological polar surface area (TPSA) is 43.1 Å². The molecule has 0 aliphatic heterocycles. The molecule has 0 N–H and O–H groups in total. The highest BCUT2D eigenvalue weighted by Gasteiger charge is 2.30. The first-order valence-corrected chi connectivity index (χ1v) is 5.03. The summed E-state index contributed by atoms with van der Waals surface area (Å²) in [5.74, 6) is -0.436. The van der Waals surface area contributed by atoms with Crippen molar-refractivity contribution in [3.8, 4) is 11.1 Å². The third-order valence-electron chi connectivity index (χ3n) is 2.39. The molecule has 1 heterocycles. The molecule has 1 aromatic heterocycles. The number of aromatic nitrogens is 1. The van der Waals surface area contributed by atoms with Crippen molar-refractivity contribution in [2.75, 3.05) is 0 Å². The van der Waals surface area contributed by atoms with Crippen LogP contribution in [0.25, 0.3) is 11.1 Å². The van der Waals surface area contributed by atoms with Gasteiger partial charge in [-0.05, 0) is 17.7 Å². The molecule has 0 saturated carbocycles. The highest BCUT2D eigenvalue weighted by atomic mass is 19.4. The summed E-state index contributed by atoms with van der Waals surface area (Å²) in [6.07, 6.45) is -3.20. The minimum Gasteiger partial charge on any atom is -0.352 e. The molecule has 2 rings (SSSR count). The minimum absolute atomic E-state index is 0.0469. The van der Waals surface area contributed by atoms with Crippen LogP contribution in [0.2, 0.25) is 0 Å². The normalized spacial score (nSPS) is 11.6. The van der Waals surface area contributed by atoms with Crippen LogP contribution in [0, 0.1) is 0 Å². The van der Waals surface area contributed by atoms with Crippen LogP contribution >= 0.6 is 0 Å². The Bertz CT molecular complexity index is 587. The zero-order valence-electron chi connectivity index (χ0n) is 9.28. The first-order chi connectivity index (χ1) is 8.39. The zero-order chi connectivity index (χ0) is 13.3. The summed E-state index contributed by atoms with van der Waals surface area (Å²) in [5.41, 5.74) is -0.277. The second-order valence-electron chi connectivity index (χ2n) is 3.70. The Labute approximate surface area is 100 Å². The van der Waals surface area contributed by atoms with Crippen molar-refractivity contribution in [3.05, 3.63) is 41.8 Å². The Kier molecular flexibility index (Phi) is 2.94. The van der Waals surface area contributed by atoms with Gasteiger partial charge in [0, 0.05) is 6.92 Å². The average molecular weight is 255 g/mol. The predicted molar refractivity (Wildman–Crippen MR) is 56.9 cm³/mol. The number of ketones is 1. The standard InChI is InChI=1S/C12H8F3NO2/c1-7(17)11-10(6-16-18-11)8-3-2-4-9(5-8)12(13,14)15/h2-6H,1H3. The number of carbonyl (C=O) groups is 1. The Morgan fingerprint density at radius 1 is 1.33 bits per heavy atom. The van der Waals surface area contributed by atoms with E-state index in [9.17, 15) is 18.0 Å². The first kappa shape index (κ1) is 12.3.